The summed E-state index contributed by atoms with van der Waals surface area (Å²) in [6.07, 6.45) is 0. The van der Waals surface area contributed by atoms with Gasteiger partial charge in [-0.1, -0.05) is 0 Å². The number of likely N-dealkylation sites (N-methyl/N-ethyl adjacent to an activating group) is 2. The number of Topliss-reactive ketones (excluding diaryl/α,β-unsaturated/α-hetero) is 2. The van der Waals surface area contributed by atoms with Crippen molar-refractivity contribution in [2.75, 3.05) is 44.4 Å². The van der Waals surface area contributed by atoms with E-state index in [9.17, 15) is 19.2 Å². The zero-order valence-electron chi connectivity index (χ0n) is 18.5. The summed E-state index contributed by atoms with van der Waals surface area (Å²) >= 11 is 5.42. The van der Waals surface area contributed by atoms with Gasteiger partial charge in [0.15, 0.2) is 0 Å². The van der Waals surface area contributed by atoms with Gasteiger partial charge in [0.1, 0.15) is 11.6 Å². The van der Waals surface area contributed by atoms with Crippen LogP contribution in [-0.4, -0.2) is 79.9 Å². The van der Waals surface area contributed by atoms with E-state index in [1.807, 2.05) is 13.8 Å². The Kier molecular flexibility index (Phi) is 32.4. The standard InChI is InChI=1S/C9H18N2O2S.C5H11NOS.C4H8NO.Y/c1-4-11-9(13)6-14-5-8(10-3)7(2)12;1-4(7)5(3-8)6-2;1-3-5-4(2)6;/h8,10H,4-6H2,1-3H3,(H,11,13);5-6,8H,3H2,1-2H3;2-3H2,1H3,(H,5,6);/q;;-1;. The minimum absolute atomic E-state index is 0. The number of hydrogen-bond acceptors (Lipinski definition) is 8. The molecule has 0 aliphatic carbocycles. The molecule has 0 rings (SSSR count). The Labute approximate surface area is 210 Å². The van der Waals surface area contributed by atoms with E-state index in [4.69, 9.17) is 0 Å². The maximum atomic E-state index is 11.0. The Balaban J connectivity index is -0.000000177. The molecule has 0 heterocycles. The van der Waals surface area contributed by atoms with Crippen LogP contribution in [0.5, 0.6) is 0 Å². The fourth-order valence-electron chi connectivity index (χ4n) is 1.54. The fraction of sp³-hybridized carbons (Fsp3) is 0.722. The van der Waals surface area contributed by atoms with E-state index in [-0.39, 0.29) is 68.2 Å². The number of thiol groups is 1. The molecule has 0 aromatic carbocycles. The van der Waals surface area contributed by atoms with Crippen LogP contribution >= 0.6 is 24.4 Å². The third-order valence-corrected chi connectivity index (χ3v) is 4.53. The van der Waals surface area contributed by atoms with Crippen molar-refractivity contribution in [3.63, 3.8) is 0 Å². The summed E-state index contributed by atoms with van der Waals surface area (Å²) in [7, 11) is 3.50. The van der Waals surface area contributed by atoms with Crippen molar-refractivity contribution in [2.24, 2.45) is 0 Å². The predicted octanol–water partition coefficient (Wildman–Crippen LogP) is 0.0800. The van der Waals surface area contributed by atoms with E-state index in [1.165, 1.54) is 11.8 Å². The third-order valence-electron chi connectivity index (χ3n) is 3.13. The van der Waals surface area contributed by atoms with Crippen LogP contribution in [0.4, 0.5) is 0 Å². The number of thioether (sulfide) groups is 1. The maximum Gasteiger partial charge on any atom is 0.229 e. The number of carbonyl (C=O) groups is 4. The van der Waals surface area contributed by atoms with Gasteiger partial charge in [0.05, 0.1) is 23.7 Å². The fourth-order valence-corrected chi connectivity index (χ4v) is 3.02. The number of nitrogens with one attached hydrogen (secondary N) is 4. The zero-order valence-corrected chi connectivity index (χ0v) is 23.0. The van der Waals surface area contributed by atoms with Crippen molar-refractivity contribution in [3.05, 3.63) is 6.92 Å². The Morgan fingerprint density at radius 3 is 1.59 bits per heavy atom. The van der Waals surface area contributed by atoms with Gasteiger partial charge in [0, 0.05) is 57.3 Å². The summed E-state index contributed by atoms with van der Waals surface area (Å²) in [5.74, 6) is 1.69. The van der Waals surface area contributed by atoms with Crippen LogP contribution in [0.1, 0.15) is 27.7 Å². The van der Waals surface area contributed by atoms with E-state index in [0.29, 0.717) is 30.3 Å². The quantitative estimate of drug-likeness (QED) is 0.191. The molecule has 2 atom stereocenters. The molecular formula is C18H37N4O4S2Y-. The molecule has 0 bridgehead atoms. The largest absolute Gasteiger partial charge is 0.381 e. The average molecular weight is 527 g/mol. The summed E-state index contributed by atoms with van der Waals surface area (Å²) in [6.45, 7) is 11.2. The second-order valence-electron chi connectivity index (χ2n) is 5.51. The smallest absolute Gasteiger partial charge is 0.229 e. The Morgan fingerprint density at radius 2 is 1.38 bits per heavy atom. The van der Waals surface area contributed by atoms with Crippen molar-refractivity contribution in [1.29, 1.82) is 0 Å². The predicted molar refractivity (Wildman–Crippen MR) is 121 cm³/mol. The van der Waals surface area contributed by atoms with Crippen LogP contribution in [0.2, 0.25) is 0 Å². The Bertz CT molecular complexity index is 454. The molecule has 2 amide bonds. The molecule has 0 aliphatic heterocycles. The molecule has 8 nitrogen and oxygen atoms in total. The summed E-state index contributed by atoms with van der Waals surface area (Å²) in [5.41, 5.74) is 0. The van der Waals surface area contributed by atoms with Crippen molar-refractivity contribution in [3.8, 4) is 0 Å². The van der Waals surface area contributed by atoms with Crippen LogP contribution in [-0.2, 0) is 51.9 Å². The topological polar surface area (TPSA) is 116 Å². The van der Waals surface area contributed by atoms with Gasteiger partial charge in [-0.2, -0.15) is 12.6 Å². The van der Waals surface area contributed by atoms with Crippen molar-refractivity contribution >= 4 is 47.8 Å². The van der Waals surface area contributed by atoms with Crippen molar-refractivity contribution in [2.45, 2.75) is 39.8 Å². The van der Waals surface area contributed by atoms with Gasteiger partial charge in [-0.15, -0.1) is 11.8 Å². The number of amides is 2. The maximum absolute atomic E-state index is 11.0. The summed E-state index contributed by atoms with van der Waals surface area (Å²) < 4.78 is 0. The molecule has 2 unspecified atom stereocenters. The molecule has 0 saturated heterocycles. The molecule has 11 heteroatoms. The molecule has 0 aliphatic rings. The van der Waals surface area contributed by atoms with Crippen LogP contribution in [0.15, 0.2) is 0 Å². The van der Waals surface area contributed by atoms with Crippen molar-refractivity contribution in [1.82, 2.24) is 21.3 Å². The van der Waals surface area contributed by atoms with Gasteiger partial charge >= 0.3 is 0 Å². The number of ketones is 2. The van der Waals surface area contributed by atoms with Gasteiger partial charge in [-0.3, -0.25) is 14.4 Å². The van der Waals surface area contributed by atoms with Gasteiger partial charge in [-0.25, -0.2) is 0 Å². The van der Waals surface area contributed by atoms with E-state index < -0.39 is 0 Å². The van der Waals surface area contributed by atoms with E-state index >= 15 is 0 Å². The summed E-state index contributed by atoms with van der Waals surface area (Å²) in [4.78, 5) is 42.4. The van der Waals surface area contributed by atoms with Gasteiger partial charge in [0.25, 0.3) is 0 Å². The number of carbonyl (C=O) groups excluding carboxylic acids is 4. The molecule has 0 fully saturated rings. The molecule has 169 valence electrons. The first kappa shape index (κ1) is 36.3. The normalized spacial score (nSPS) is 11.1. The Morgan fingerprint density at radius 1 is 0.931 bits per heavy atom. The number of rotatable bonds is 11. The summed E-state index contributed by atoms with van der Waals surface area (Å²) in [5, 5.41) is 10.9. The molecule has 0 aromatic heterocycles. The van der Waals surface area contributed by atoms with Crippen molar-refractivity contribution < 1.29 is 51.9 Å². The third kappa shape index (κ3) is 27.9. The first-order chi connectivity index (χ1) is 13.1. The molecule has 0 spiro atoms. The van der Waals surface area contributed by atoms with Gasteiger partial charge in [-0.05, 0) is 41.8 Å². The molecule has 1 radical (unpaired) electrons. The van der Waals surface area contributed by atoms with Gasteiger partial charge < -0.3 is 33.0 Å². The monoisotopic (exact) mass is 526 g/mol. The minimum Gasteiger partial charge on any atom is -0.381 e. The molecule has 0 saturated carbocycles. The molecule has 4 N–H and O–H groups in total. The Hall–Kier alpha value is -0.126. The number of hydrogen-bond donors (Lipinski definition) is 5. The zero-order chi connectivity index (χ0) is 22.5. The SMILES string of the molecule is CCNC(=O)CSCC(NC)C(C)=O.CNC(CS)C(C)=O.[CH2-]C(=O)NCC.[Y]. The summed E-state index contributed by atoms with van der Waals surface area (Å²) in [6, 6.07) is -0.215. The second-order valence-corrected chi connectivity index (χ2v) is 6.90. The minimum atomic E-state index is -0.211. The molecule has 29 heavy (non-hydrogen) atoms. The first-order valence-electron chi connectivity index (χ1n) is 9.01. The first-order valence-corrected chi connectivity index (χ1v) is 10.8. The van der Waals surface area contributed by atoms with Crippen LogP contribution in [0, 0.1) is 6.92 Å². The van der Waals surface area contributed by atoms with E-state index in [0.717, 1.165) is 0 Å². The van der Waals surface area contributed by atoms with Crippen LogP contribution in [0.25, 0.3) is 0 Å². The average Bonchev–Trinajstić information content (AvgIpc) is 2.60. The van der Waals surface area contributed by atoms with Gasteiger partial charge in [0.2, 0.25) is 5.91 Å². The van der Waals surface area contributed by atoms with E-state index in [1.54, 1.807) is 27.9 Å². The van der Waals surface area contributed by atoms with Crippen LogP contribution < -0.4 is 21.3 Å². The van der Waals surface area contributed by atoms with Crippen LogP contribution in [0.3, 0.4) is 0 Å². The molecular weight excluding hydrogens is 489 g/mol. The molecule has 0 aromatic rings. The van der Waals surface area contributed by atoms with E-state index in [2.05, 4.69) is 40.8 Å². The second kappa shape index (κ2) is 25.9.